The third kappa shape index (κ3) is 3.35. The highest BCUT2D eigenvalue weighted by atomic mass is 127. The predicted molar refractivity (Wildman–Crippen MR) is 69.3 cm³/mol. The van der Waals surface area contributed by atoms with Gasteiger partial charge in [-0.3, -0.25) is 0 Å². The Morgan fingerprint density at radius 3 is 2.72 bits per heavy atom. The zero-order chi connectivity index (χ0) is 13.1. The van der Waals surface area contributed by atoms with Crippen molar-refractivity contribution < 1.29 is 18.7 Å². The number of carbonyl (C=O) groups is 1. The van der Waals surface area contributed by atoms with Gasteiger partial charge in [0.1, 0.15) is 5.76 Å². The Hall–Kier alpha value is -1.29. The summed E-state index contributed by atoms with van der Waals surface area (Å²) >= 11 is 2.80. The molecule has 0 atom stereocenters. The normalized spacial score (nSPS) is 11.8. The highest BCUT2D eigenvalue weighted by Crippen LogP contribution is 2.27. The number of aromatic nitrogens is 2. The number of hydrogen-bond donors (Lipinski definition) is 0. The summed E-state index contributed by atoms with van der Waals surface area (Å²) in [5.41, 5.74) is 0. The van der Waals surface area contributed by atoms with Crippen LogP contribution in [0.5, 0.6) is 0 Å². The van der Waals surface area contributed by atoms with Crippen LogP contribution in [0.4, 0.5) is 0 Å². The lowest BCUT2D eigenvalue weighted by atomic mass is 10.4. The van der Waals surface area contributed by atoms with E-state index in [1.165, 1.54) is 6.08 Å². The molecule has 2 rings (SSSR count). The molecule has 0 bridgehead atoms. The van der Waals surface area contributed by atoms with E-state index in [0.717, 1.165) is 11.8 Å². The number of carboxylic acids is 1. The first-order chi connectivity index (χ1) is 8.54. The Balaban J connectivity index is 2.23. The minimum absolute atomic E-state index is 0.0654. The zero-order valence-corrected chi connectivity index (χ0v) is 12.0. The van der Waals surface area contributed by atoms with E-state index in [1.807, 2.05) is 22.6 Å². The Kier molecular flexibility index (Phi) is 4.07. The molecule has 0 radical (unpaired) electrons. The summed E-state index contributed by atoms with van der Waals surface area (Å²) in [6.45, 7) is 1.62. The highest BCUT2D eigenvalue weighted by Gasteiger charge is 2.09. The van der Waals surface area contributed by atoms with Crippen molar-refractivity contribution in [3.63, 3.8) is 0 Å². The van der Waals surface area contributed by atoms with Crippen molar-refractivity contribution in [1.82, 2.24) is 10.2 Å². The van der Waals surface area contributed by atoms with Gasteiger partial charge >= 0.3 is 0 Å². The summed E-state index contributed by atoms with van der Waals surface area (Å²) in [5, 5.41) is 18.4. The lowest BCUT2D eigenvalue weighted by Crippen LogP contribution is -2.22. The van der Waals surface area contributed by atoms with Crippen LogP contribution in [-0.4, -0.2) is 16.2 Å². The third-order valence-electron chi connectivity index (χ3n) is 1.77. The number of aliphatic carboxylic acids is 1. The Morgan fingerprint density at radius 1 is 1.44 bits per heavy atom. The SMILES string of the molecule is Cc1nnc(S/C(=C/c2ccc(I)o2)C(=O)[O-])o1. The van der Waals surface area contributed by atoms with Crippen LogP contribution in [0.25, 0.3) is 6.08 Å². The van der Waals surface area contributed by atoms with Gasteiger partial charge in [-0.15, -0.1) is 10.2 Å². The van der Waals surface area contributed by atoms with Gasteiger partial charge in [-0.2, -0.15) is 0 Å². The van der Waals surface area contributed by atoms with Crippen LogP contribution in [0.2, 0.25) is 0 Å². The van der Waals surface area contributed by atoms with Crippen LogP contribution < -0.4 is 5.11 Å². The van der Waals surface area contributed by atoms with Gasteiger partial charge in [0.05, 0.1) is 5.97 Å². The number of halogens is 1. The largest absolute Gasteiger partial charge is 0.544 e. The number of aryl methyl sites for hydroxylation is 1. The number of carboxylic acid groups (broad SMARTS) is 1. The molecule has 94 valence electrons. The van der Waals surface area contributed by atoms with Crippen LogP contribution in [0.15, 0.2) is 31.1 Å². The van der Waals surface area contributed by atoms with Gasteiger partial charge in [0.25, 0.3) is 5.22 Å². The van der Waals surface area contributed by atoms with E-state index >= 15 is 0 Å². The topological polar surface area (TPSA) is 92.2 Å². The average molecular weight is 377 g/mol. The molecule has 0 aliphatic carbocycles. The first-order valence-corrected chi connectivity index (χ1v) is 6.60. The van der Waals surface area contributed by atoms with Crippen molar-refractivity contribution in [2.75, 3.05) is 0 Å². The fourth-order valence-electron chi connectivity index (χ4n) is 1.08. The number of nitrogens with zero attached hydrogens (tertiary/aromatic N) is 2. The molecule has 8 heteroatoms. The monoisotopic (exact) mass is 377 g/mol. The van der Waals surface area contributed by atoms with E-state index < -0.39 is 5.97 Å². The van der Waals surface area contributed by atoms with Crippen LogP contribution in [0.1, 0.15) is 11.7 Å². The molecule has 2 aromatic rings. The Bertz CT molecular complexity index is 605. The molecular formula is C10H6IN2O4S-. The van der Waals surface area contributed by atoms with E-state index in [-0.39, 0.29) is 10.1 Å². The standard InChI is InChI=1S/C10H7IN2O4S/c1-5-12-13-10(16-5)18-7(9(14)15)4-6-2-3-8(11)17-6/h2-4H,1H3,(H,14,15)/p-1/b7-4+. The second kappa shape index (κ2) is 5.57. The van der Waals surface area contributed by atoms with E-state index in [4.69, 9.17) is 8.83 Å². The lowest BCUT2D eigenvalue weighted by molar-refractivity contribution is -0.298. The fourth-order valence-corrected chi connectivity index (χ4v) is 2.20. The van der Waals surface area contributed by atoms with E-state index in [2.05, 4.69) is 10.2 Å². The maximum atomic E-state index is 11.0. The molecule has 18 heavy (non-hydrogen) atoms. The second-order valence-corrected chi connectivity index (χ2v) is 5.18. The van der Waals surface area contributed by atoms with Crippen molar-refractivity contribution in [1.29, 1.82) is 0 Å². The maximum absolute atomic E-state index is 11.0. The van der Waals surface area contributed by atoms with Crippen molar-refractivity contribution >= 4 is 46.4 Å². The first-order valence-electron chi connectivity index (χ1n) is 4.71. The van der Waals surface area contributed by atoms with Crippen LogP contribution in [0, 0.1) is 10.7 Å². The van der Waals surface area contributed by atoms with Gasteiger partial charge in [-0.25, -0.2) is 0 Å². The molecule has 0 aromatic carbocycles. The van der Waals surface area contributed by atoms with Crippen molar-refractivity contribution in [2.45, 2.75) is 12.1 Å². The van der Waals surface area contributed by atoms with Gasteiger partial charge in [0.2, 0.25) is 5.89 Å². The summed E-state index contributed by atoms with van der Waals surface area (Å²) in [6, 6.07) is 3.38. The van der Waals surface area contributed by atoms with E-state index in [0.29, 0.717) is 15.4 Å². The number of rotatable bonds is 4. The molecule has 0 aliphatic heterocycles. The summed E-state index contributed by atoms with van der Waals surface area (Å²) in [5.74, 6) is -0.549. The number of furan rings is 1. The molecular weight excluding hydrogens is 371 g/mol. The average Bonchev–Trinajstić information content (AvgIpc) is 2.87. The molecule has 0 spiro atoms. The smallest absolute Gasteiger partial charge is 0.281 e. The van der Waals surface area contributed by atoms with Gasteiger partial charge in [0, 0.05) is 11.8 Å². The van der Waals surface area contributed by atoms with Crippen molar-refractivity contribution in [3.8, 4) is 0 Å². The summed E-state index contributed by atoms with van der Waals surface area (Å²) in [4.78, 5) is 10.9. The molecule has 0 saturated heterocycles. The molecule has 6 nitrogen and oxygen atoms in total. The van der Waals surface area contributed by atoms with Crippen LogP contribution in [0.3, 0.4) is 0 Å². The van der Waals surface area contributed by atoms with Gasteiger partial charge in [-0.05, 0) is 52.6 Å². The second-order valence-electron chi connectivity index (χ2n) is 3.13. The highest BCUT2D eigenvalue weighted by molar-refractivity contribution is 14.1. The van der Waals surface area contributed by atoms with Crippen LogP contribution in [-0.2, 0) is 4.79 Å². The number of thioether (sulfide) groups is 1. The summed E-state index contributed by atoms with van der Waals surface area (Å²) < 4.78 is 11.0. The summed E-state index contributed by atoms with van der Waals surface area (Å²) in [6.07, 6.45) is 1.35. The van der Waals surface area contributed by atoms with Gasteiger partial charge in [0.15, 0.2) is 3.77 Å². The lowest BCUT2D eigenvalue weighted by Gasteiger charge is -2.03. The molecule has 0 aliphatic rings. The fraction of sp³-hybridized carbons (Fsp3) is 0.100. The first kappa shape index (κ1) is 13.1. The third-order valence-corrected chi connectivity index (χ3v) is 3.20. The maximum Gasteiger partial charge on any atom is 0.281 e. The summed E-state index contributed by atoms with van der Waals surface area (Å²) in [7, 11) is 0. The minimum atomic E-state index is -1.33. The molecule has 2 aromatic heterocycles. The predicted octanol–water partition coefficient (Wildman–Crippen LogP) is 1.46. The molecule has 0 unspecified atom stereocenters. The zero-order valence-electron chi connectivity index (χ0n) is 9.05. The van der Waals surface area contributed by atoms with Crippen molar-refractivity contribution in [3.05, 3.63) is 32.5 Å². The van der Waals surface area contributed by atoms with E-state index in [1.54, 1.807) is 19.1 Å². The van der Waals surface area contributed by atoms with Gasteiger partial charge in [-0.1, -0.05) is 0 Å². The number of carbonyl (C=O) groups excluding carboxylic acids is 1. The van der Waals surface area contributed by atoms with Gasteiger partial charge < -0.3 is 18.7 Å². The minimum Gasteiger partial charge on any atom is -0.544 e. The molecule has 0 saturated carbocycles. The van der Waals surface area contributed by atoms with E-state index in [9.17, 15) is 9.90 Å². The Morgan fingerprint density at radius 2 is 2.22 bits per heavy atom. The molecule has 0 fully saturated rings. The quantitative estimate of drug-likeness (QED) is 0.453. The Labute approximate surface area is 120 Å². The molecule has 0 N–H and O–H groups in total. The molecule has 2 heterocycles. The molecule has 0 amide bonds. The number of hydrogen-bond acceptors (Lipinski definition) is 7. The van der Waals surface area contributed by atoms with Crippen LogP contribution >= 0.6 is 34.4 Å². The van der Waals surface area contributed by atoms with Crippen molar-refractivity contribution in [2.24, 2.45) is 0 Å².